The molecule has 0 atom stereocenters. The summed E-state index contributed by atoms with van der Waals surface area (Å²) in [5.41, 5.74) is 0.375. The first-order valence-corrected chi connectivity index (χ1v) is 7.64. The number of carbonyl (C=O) groups is 2. The van der Waals surface area contributed by atoms with Crippen LogP contribution in [0.5, 0.6) is 0 Å². The van der Waals surface area contributed by atoms with E-state index in [0.717, 1.165) is 0 Å². The van der Waals surface area contributed by atoms with Crippen LogP contribution >= 0.6 is 15.9 Å². The smallest absolute Gasteiger partial charge is 0.338 e. The second-order valence-corrected chi connectivity index (χ2v) is 5.88. The molecule has 0 bridgehead atoms. The minimum Gasteiger partial charge on any atom is -0.462 e. The topological polar surface area (TPSA) is 67.4 Å². The summed E-state index contributed by atoms with van der Waals surface area (Å²) in [5, 5.41) is 5.94. The van der Waals surface area contributed by atoms with Crippen molar-refractivity contribution in [3.8, 4) is 0 Å². The standard InChI is InChI=1S/C15H21BrN2O3/c1-5-17-15(3,4)14(20)18-12-8-7-10(9-11(12)16)13(19)21-6-2/h7-9,17H,5-6H2,1-4H3,(H,18,20). The maximum atomic E-state index is 12.2. The van der Waals surface area contributed by atoms with Gasteiger partial charge in [0.05, 0.1) is 23.4 Å². The molecule has 0 spiro atoms. The Morgan fingerprint density at radius 2 is 1.95 bits per heavy atom. The fourth-order valence-corrected chi connectivity index (χ4v) is 2.24. The summed E-state index contributed by atoms with van der Waals surface area (Å²) in [5.74, 6) is -0.530. The van der Waals surface area contributed by atoms with Crippen molar-refractivity contribution in [3.05, 3.63) is 28.2 Å². The van der Waals surface area contributed by atoms with E-state index in [4.69, 9.17) is 4.74 Å². The lowest BCUT2D eigenvalue weighted by Crippen LogP contribution is -2.49. The number of hydrogen-bond acceptors (Lipinski definition) is 4. The van der Waals surface area contributed by atoms with Crippen molar-refractivity contribution in [1.29, 1.82) is 0 Å². The monoisotopic (exact) mass is 356 g/mol. The minimum atomic E-state index is -0.673. The molecular formula is C15H21BrN2O3. The van der Waals surface area contributed by atoms with Gasteiger partial charge >= 0.3 is 5.97 Å². The Hall–Kier alpha value is -1.40. The molecule has 0 aliphatic heterocycles. The van der Waals surface area contributed by atoms with Crippen molar-refractivity contribution in [1.82, 2.24) is 5.32 Å². The van der Waals surface area contributed by atoms with E-state index >= 15 is 0 Å². The predicted octanol–water partition coefficient (Wildman–Crippen LogP) is 2.95. The summed E-state index contributed by atoms with van der Waals surface area (Å²) >= 11 is 3.36. The molecule has 21 heavy (non-hydrogen) atoms. The first kappa shape index (κ1) is 17.7. The molecule has 0 radical (unpaired) electrons. The zero-order chi connectivity index (χ0) is 16.0. The number of amides is 1. The third-order valence-electron chi connectivity index (χ3n) is 2.91. The average molecular weight is 357 g/mol. The Kier molecular flexibility index (Phi) is 6.36. The van der Waals surface area contributed by atoms with Crippen molar-refractivity contribution >= 4 is 33.5 Å². The number of carbonyl (C=O) groups excluding carboxylic acids is 2. The number of benzene rings is 1. The molecular weight excluding hydrogens is 336 g/mol. The molecule has 0 saturated carbocycles. The molecule has 116 valence electrons. The molecule has 1 aromatic rings. The number of anilines is 1. The van der Waals surface area contributed by atoms with Crippen LogP contribution in [-0.2, 0) is 9.53 Å². The lowest BCUT2D eigenvalue weighted by molar-refractivity contribution is -0.121. The first-order chi connectivity index (χ1) is 9.81. The van der Waals surface area contributed by atoms with Gasteiger partial charge in [-0.2, -0.15) is 0 Å². The van der Waals surface area contributed by atoms with Gasteiger partial charge in [-0.25, -0.2) is 4.79 Å². The Morgan fingerprint density at radius 1 is 1.29 bits per heavy atom. The Balaban J connectivity index is 2.86. The van der Waals surface area contributed by atoms with Gasteiger partial charge in [-0.05, 0) is 61.4 Å². The number of nitrogens with one attached hydrogen (secondary N) is 2. The number of rotatable bonds is 6. The molecule has 5 nitrogen and oxygen atoms in total. The lowest BCUT2D eigenvalue weighted by atomic mass is 10.0. The fourth-order valence-electron chi connectivity index (χ4n) is 1.76. The van der Waals surface area contributed by atoms with Gasteiger partial charge in [0.2, 0.25) is 5.91 Å². The van der Waals surface area contributed by atoms with Crippen LogP contribution in [0.25, 0.3) is 0 Å². The van der Waals surface area contributed by atoms with E-state index in [9.17, 15) is 9.59 Å². The molecule has 0 heterocycles. The van der Waals surface area contributed by atoms with Gasteiger partial charge in [-0.1, -0.05) is 6.92 Å². The van der Waals surface area contributed by atoms with E-state index in [0.29, 0.717) is 28.9 Å². The number of ether oxygens (including phenoxy) is 1. The van der Waals surface area contributed by atoms with Gasteiger partial charge in [0.1, 0.15) is 0 Å². The van der Waals surface area contributed by atoms with Gasteiger partial charge in [0, 0.05) is 4.47 Å². The zero-order valence-electron chi connectivity index (χ0n) is 12.7. The van der Waals surface area contributed by atoms with Crippen LogP contribution < -0.4 is 10.6 Å². The predicted molar refractivity (Wildman–Crippen MR) is 86.5 cm³/mol. The van der Waals surface area contributed by atoms with Crippen molar-refractivity contribution in [2.75, 3.05) is 18.5 Å². The van der Waals surface area contributed by atoms with Crippen LogP contribution in [0.15, 0.2) is 22.7 Å². The summed E-state index contributed by atoms with van der Waals surface area (Å²) < 4.78 is 5.57. The molecule has 0 fully saturated rings. The summed E-state index contributed by atoms with van der Waals surface area (Å²) in [6, 6.07) is 4.93. The summed E-state index contributed by atoms with van der Waals surface area (Å²) in [7, 11) is 0. The summed E-state index contributed by atoms with van der Waals surface area (Å²) in [4.78, 5) is 23.8. The molecule has 0 aliphatic rings. The summed E-state index contributed by atoms with van der Waals surface area (Å²) in [6.45, 7) is 8.35. The van der Waals surface area contributed by atoms with Crippen LogP contribution in [0.3, 0.4) is 0 Å². The van der Waals surface area contributed by atoms with E-state index in [2.05, 4.69) is 26.6 Å². The molecule has 0 aromatic heterocycles. The highest BCUT2D eigenvalue weighted by Crippen LogP contribution is 2.25. The number of likely N-dealkylation sites (N-methyl/N-ethyl adjacent to an activating group) is 1. The minimum absolute atomic E-state index is 0.145. The van der Waals surface area contributed by atoms with Crippen molar-refractivity contribution in [2.45, 2.75) is 33.2 Å². The highest BCUT2D eigenvalue weighted by atomic mass is 79.9. The van der Waals surface area contributed by atoms with Gasteiger partial charge in [0.25, 0.3) is 0 Å². The molecule has 2 N–H and O–H groups in total. The molecule has 0 unspecified atom stereocenters. The number of hydrogen-bond donors (Lipinski definition) is 2. The van der Waals surface area contributed by atoms with E-state index in [-0.39, 0.29) is 11.9 Å². The van der Waals surface area contributed by atoms with Crippen molar-refractivity contribution in [2.24, 2.45) is 0 Å². The normalized spacial score (nSPS) is 11.1. The Bertz CT molecular complexity index is 530. The Labute approximate surface area is 133 Å². The molecule has 1 rings (SSSR count). The highest BCUT2D eigenvalue weighted by Gasteiger charge is 2.26. The molecule has 0 aliphatic carbocycles. The Morgan fingerprint density at radius 3 is 2.48 bits per heavy atom. The van der Waals surface area contributed by atoms with E-state index < -0.39 is 5.54 Å². The van der Waals surface area contributed by atoms with E-state index in [1.165, 1.54) is 0 Å². The summed E-state index contributed by atoms with van der Waals surface area (Å²) in [6.07, 6.45) is 0. The highest BCUT2D eigenvalue weighted by molar-refractivity contribution is 9.10. The fraction of sp³-hybridized carbons (Fsp3) is 0.467. The second kappa shape index (κ2) is 7.56. The number of halogens is 1. The zero-order valence-corrected chi connectivity index (χ0v) is 14.3. The number of esters is 1. The average Bonchev–Trinajstić information content (AvgIpc) is 2.41. The first-order valence-electron chi connectivity index (χ1n) is 6.85. The van der Waals surface area contributed by atoms with Gasteiger partial charge in [-0.3, -0.25) is 4.79 Å². The molecule has 1 aromatic carbocycles. The SMILES string of the molecule is CCNC(C)(C)C(=O)Nc1ccc(C(=O)OCC)cc1Br. The quantitative estimate of drug-likeness (QED) is 0.769. The van der Waals surface area contributed by atoms with Crippen LogP contribution in [0.2, 0.25) is 0 Å². The van der Waals surface area contributed by atoms with Gasteiger partial charge in [-0.15, -0.1) is 0 Å². The van der Waals surface area contributed by atoms with Gasteiger partial charge < -0.3 is 15.4 Å². The van der Waals surface area contributed by atoms with Crippen LogP contribution in [-0.4, -0.2) is 30.6 Å². The van der Waals surface area contributed by atoms with E-state index in [1.807, 2.05) is 20.8 Å². The largest absolute Gasteiger partial charge is 0.462 e. The van der Waals surface area contributed by atoms with Crippen LogP contribution in [0.4, 0.5) is 5.69 Å². The van der Waals surface area contributed by atoms with Crippen LogP contribution in [0, 0.1) is 0 Å². The van der Waals surface area contributed by atoms with Crippen molar-refractivity contribution in [3.63, 3.8) is 0 Å². The molecule has 6 heteroatoms. The van der Waals surface area contributed by atoms with Gasteiger partial charge in [0.15, 0.2) is 0 Å². The third kappa shape index (κ3) is 4.82. The lowest BCUT2D eigenvalue weighted by Gasteiger charge is -2.24. The van der Waals surface area contributed by atoms with Crippen LogP contribution in [0.1, 0.15) is 38.1 Å². The maximum Gasteiger partial charge on any atom is 0.338 e. The third-order valence-corrected chi connectivity index (χ3v) is 3.57. The van der Waals surface area contributed by atoms with Crippen molar-refractivity contribution < 1.29 is 14.3 Å². The molecule has 0 saturated heterocycles. The molecule has 1 amide bonds. The second-order valence-electron chi connectivity index (χ2n) is 5.02. The van der Waals surface area contributed by atoms with E-state index in [1.54, 1.807) is 25.1 Å². The maximum absolute atomic E-state index is 12.2.